The number of benzene rings is 1. The number of rotatable bonds is 9. The lowest BCUT2D eigenvalue weighted by Crippen LogP contribution is -2.46. The standard InChI is InChI=1S/C35H56O6Si2/c1-13-24-38-31(36)23-17-21-28-25-30(41-43(11,12)35(6,7)8)26(2)18-14-15-19-27-20-16-22-29(32(27)33(37)39-28)40-42(9,10)34(3,4)5/h13-17,20,22-23,26,28,30H,1,18-19,21,24-25H2,2-12H3/b15-14+,23-17+/t26-,28?,30+/m0/s1. The molecule has 6 nitrogen and oxygen atoms in total. The van der Waals surface area contributed by atoms with Gasteiger partial charge < -0.3 is 18.3 Å². The van der Waals surface area contributed by atoms with Crippen molar-refractivity contribution in [2.45, 2.75) is 123 Å². The first kappa shape index (κ1) is 36.8. The summed E-state index contributed by atoms with van der Waals surface area (Å²) in [6.45, 7) is 28.0. The zero-order valence-electron chi connectivity index (χ0n) is 28.5. The third kappa shape index (κ3) is 10.6. The fraction of sp³-hybridized carbons (Fsp3) is 0.600. The maximum absolute atomic E-state index is 14.1. The zero-order chi connectivity index (χ0) is 32.6. The number of fused-ring (bicyclic) bond motifs is 1. The number of ether oxygens (including phenoxy) is 2. The third-order valence-electron chi connectivity index (χ3n) is 9.15. The molecule has 1 aromatic rings. The van der Waals surface area contributed by atoms with Crippen LogP contribution in [0.3, 0.4) is 0 Å². The molecule has 1 aliphatic rings. The Morgan fingerprint density at radius 1 is 1.05 bits per heavy atom. The molecule has 0 saturated carbocycles. The second kappa shape index (κ2) is 15.0. The number of cyclic esters (lactones) is 1. The van der Waals surface area contributed by atoms with Crippen LogP contribution in [0.1, 0.15) is 83.7 Å². The number of carbonyl (C=O) groups is 2. The second-order valence-electron chi connectivity index (χ2n) is 14.8. The van der Waals surface area contributed by atoms with Gasteiger partial charge in [-0.15, -0.1) is 0 Å². The Morgan fingerprint density at radius 2 is 1.70 bits per heavy atom. The van der Waals surface area contributed by atoms with Crippen LogP contribution in [0.25, 0.3) is 0 Å². The Hall–Kier alpha value is -2.43. The van der Waals surface area contributed by atoms with Crippen molar-refractivity contribution >= 4 is 28.6 Å². The highest BCUT2D eigenvalue weighted by atomic mass is 28.4. The van der Waals surface area contributed by atoms with Crippen LogP contribution in [0.4, 0.5) is 0 Å². The van der Waals surface area contributed by atoms with E-state index in [0.29, 0.717) is 30.6 Å². The first-order chi connectivity index (χ1) is 19.8. The molecular formula is C35H56O6Si2. The van der Waals surface area contributed by atoms with Crippen LogP contribution in [0.15, 0.2) is 55.2 Å². The smallest absolute Gasteiger partial charge is 0.342 e. The van der Waals surface area contributed by atoms with Gasteiger partial charge in [-0.25, -0.2) is 9.59 Å². The Kier molecular flexibility index (Phi) is 12.9. The van der Waals surface area contributed by atoms with Gasteiger partial charge in [-0.05, 0) is 66.7 Å². The van der Waals surface area contributed by atoms with Gasteiger partial charge in [0.2, 0.25) is 0 Å². The lowest BCUT2D eigenvalue weighted by atomic mass is 9.93. The lowest BCUT2D eigenvalue weighted by Gasteiger charge is -2.41. The summed E-state index contributed by atoms with van der Waals surface area (Å²) < 4.78 is 25.1. The molecule has 8 heteroatoms. The average Bonchev–Trinajstić information content (AvgIpc) is 2.87. The normalized spacial score (nSPS) is 21.7. The maximum atomic E-state index is 14.1. The summed E-state index contributed by atoms with van der Waals surface area (Å²) in [5.41, 5.74) is 1.36. The van der Waals surface area contributed by atoms with Crippen LogP contribution in [0, 0.1) is 5.92 Å². The molecule has 0 aliphatic carbocycles. The van der Waals surface area contributed by atoms with Crippen LogP contribution in [0.5, 0.6) is 5.75 Å². The molecule has 0 aromatic heterocycles. The number of allylic oxidation sites excluding steroid dienone is 2. The first-order valence-corrected chi connectivity index (χ1v) is 21.4. The minimum atomic E-state index is -2.24. The van der Waals surface area contributed by atoms with Crippen molar-refractivity contribution in [3.05, 3.63) is 66.3 Å². The maximum Gasteiger partial charge on any atom is 0.342 e. The van der Waals surface area contributed by atoms with E-state index in [1.54, 1.807) is 6.08 Å². The van der Waals surface area contributed by atoms with Crippen LogP contribution >= 0.6 is 0 Å². The van der Waals surface area contributed by atoms with E-state index in [1.807, 2.05) is 18.2 Å². The minimum Gasteiger partial charge on any atom is -0.543 e. The number of hydrogen-bond acceptors (Lipinski definition) is 6. The van der Waals surface area contributed by atoms with Gasteiger partial charge in [0.25, 0.3) is 8.32 Å². The number of hydrogen-bond donors (Lipinski definition) is 0. The highest BCUT2D eigenvalue weighted by Crippen LogP contribution is 2.41. The molecular weight excluding hydrogens is 573 g/mol. The molecule has 0 saturated heterocycles. The Labute approximate surface area is 263 Å². The van der Waals surface area contributed by atoms with E-state index in [1.165, 1.54) is 12.2 Å². The van der Waals surface area contributed by atoms with Crippen molar-refractivity contribution in [2.24, 2.45) is 5.92 Å². The summed E-state index contributed by atoms with van der Waals surface area (Å²) in [4.78, 5) is 26.2. The van der Waals surface area contributed by atoms with Crippen LogP contribution in [-0.2, 0) is 25.1 Å². The number of carbonyl (C=O) groups excluding carboxylic acids is 2. The molecule has 0 bridgehead atoms. The lowest BCUT2D eigenvalue weighted by molar-refractivity contribution is -0.136. The van der Waals surface area contributed by atoms with Crippen molar-refractivity contribution < 1.29 is 27.9 Å². The Bertz CT molecular complexity index is 1170. The van der Waals surface area contributed by atoms with E-state index in [-0.39, 0.29) is 28.7 Å². The largest absolute Gasteiger partial charge is 0.543 e. The summed E-state index contributed by atoms with van der Waals surface area (Å²) in [5, 5.41) is -0.00887. The fourth-order valence-electron chi connectivity index (χ4n) is 4.28. The van der Waals surface area contributed by atoms with E-state index < -0.39 is 34.7 Å². The predicted molar refractivity (Wildman–Crippen MR) is 182 cm³/mol. The highest BCUT2D eigenvalue weighted by molar-refractivity contribution is 6.75. The van der Waals surface area contributed by atoms with Crippen molar-refractivity contribution in [1.29, 1.82) is 0 Å². The van der Waals surface area contributed by atoms with Gasteiger partial charge >= 0.3 is 11.9 Å². The summed E-state index contributed by atoms with van der Waals surface area (Å²) in [6.07, 6.45) is 10.7. The third-order valence-corrected chi connectivity index (χ3v) is 18.0. The molecule has 0 radical (unpaired) electrons. The Balaban J connectivity index is 2.55. The van der Waals surface area contributed by atoms with E-state index in [9.17, 15) is 9.59 Å². The van der Waals surface area contributed by atoms with Gasteiger partial charge in [0.1, 0.15) is 24.0 Å². The molecule has 0 N–H and O–H groups in total. The molecule has 1 unspecified atom stereocenters. The summed E-state index contributed by atoms with van der Waals surface area (Å²) in [5.74, 6) is -0.0865. The molecule has 240 valence electrons. The zero-order valence-corrected chi connectivity index (χ0v) is 30.5. The molecule has 1 aliphatic heterocycles. The SMILES string of the molecule is C=CCOC(=O)/C=C/CC1C[C@@H](O[Si](C)(C)C(C)(C)C)[C@@H](C)C/C=C/Cc2cccc(O[Si](C)(C)C(C)(C)C)c2C(=O)O1. The van der Waals surface area contributed by atoms with E-state index >= 15 is 0 Å². The predicted octanol–water partition coefficient (Wildman–Crippen LogP) is 9.19. The Morgan fingerprint density at radius 3 is 2.30 bits per heavy atom. The molecule has 0 spiro atoms. The second-order valence-corrected chi connectivity index (χ2v) is 24.3. The van der Waals surface area contributed by atoms with Gasteiger partial charge in [-0.2, -0.15) is 0 Å². The molecule has 1 aromatic carbocycles. The van der Waals surface area contributed by atoms with Gasteiger partial charge in [-0.3, -0.25) is 0 Å². The summed E-state index contributed by atoms with van der Waals surface area (Å²) >= 11 is 0. The van der Waals surface area contributed by atoms with Crippen molar-refractivity contribution in [2.75, 3.05) is 6.61 Å². The quantitative estimate of drug-likeness (QED) is 0.118. The first-order valence-electron chi connectivity index (χ1n) is 15.6. The molecule has 0 fully saturated rings. The summed E-state index contributed by atoms with van der Waals surface area (Å²) in [6, 6.07) is 5.81. The molecule has 1 heterocycles. The van der Waals surface area contributed by atoms with E-state index in [2.05, 4.69) is 93.4 Å². The fourth-order valence-corrected chi connectivity index (χ4v) is 6.75. The molecule has 2 rings (SSSR count). The van der Waals surface area contributed by atoms with Crippen LogP contribution in [0.2, 0.25) is 36.3 Å². The summed E-state index contributed by atoms with van der Waals surface area (Å²) in [7, 11) is -4.37. The van der Waals surface area contributed by atoms with Crippen molar-refractivity contribution in [3.63, 3.8) is 0 Å². The monoisotopic (exact) mass is 628 g/mol. The number of esters is 2. The van der Waals surface area contributed by atoms with Gasteiger partial charge in [0, 0.05) is 18.9 Å². The van der Waals surface area contributed by atoms with Crippen LogP contribution < -0.4 is 4.43 Å². The van der Waals surface area contributed by atoms with Gasteiger partial charge in [0.15, 0.2) is 8.32 Å². The topological polar surface area (TPSA) is 71.1 Å². The van der Waals surface area contributed by atoms with E-state index in [0.717, 1.165) is 12.0 Å². The minimum absolute atomic E-state index is 0.0299. The van der Waals surface area contributed by atoms with Crippen molar-refractivity contribution in [3.8, 4) is 5.75 Å². The van der Waals surface area contributed by atoms with E-state index in [4.69, 9.17) is 18.3 Å². The average molecular weight is 629 g/mol. The highest BCUT2D eigenvalue weighted by Gasteiger charge is 2.42. The van der Waals surface area contributed by atoms with Gasteiger partial charge in [-0.1, -0.05) is 91.5 Å². The molecule has 43 heavy (non-hydrogen) atoms. The molecule has 0 amide bonds. The molecule has 3 atom stereocenters. The van der Waals surface area contributed by atoms with Crippen molar-refractivity contribution in [1.82, 2.24) is 0 Å². The van der Waals surface area contributed by atoms with Crippen LogP contribution in [-0.4, -0.2) is 47.4 Å². The van der Waals surface area contributed by atoms with Gasteiger partial charge in [0.05, 0.1) is 6.10 Å².